The first kappa shape index (κ1) is 18.9. The second kappa shape index (κ2) is 8.61. The van der Waals surface area contributed by atoms with Crippen molar-refractivity contribution in [3.8, 4) is 0 Å². The van der Waals surface area contributed by atoms with Crippen molar-refractivity contribution < 1.29 is 9.59 Å². The minimum atomic E-state index is -0.293. The van der Waals surface area contributed by atoms with Crippen LogP contribution in [0.2, 0.25) is 0 Å². The van der Waals surface area contributed by atoms with Gasteiger partial charge in [-0.3, -0.25) is 9.59 Å². The van der Waals surface area contributed by atoms with Crippen molar-refractivity contribution in [3.05, 3.63) is 71.3 Å². The van der Waals surface area contributed by atoms with Gasteiger partial charge < -0.3 is 5.32 Å². The number of carbonyl (C=O) groups excluding carboxylic acids is 2. The van der Waals surface area contributed by atoms with Crippen LogP contribution < -0.4 is 5.32 Å². The quantitative estimate of drug-likeness (QED) is 0.752. The fraction of sp³-hybridized carbons (Fsp3) is 0.364. The Labute approximate surface area is 150 Å². The van der Waals surface area contributed by atoms with Crippen molar-refractivity contribution >= 4 is 11.7 Å². The number of carbonyl (C=O) groups is 2. The van der Waals surface area contributed by atoms with Gasteiger partial charge >= 0.3 is 0 Å². The molecule has 0 radical (unpaired) electrons. The van der Waals surface area contributed by atoms with Gasteiger partial charge in [-0.25, -0.2) is 0 Å². The van der Waals surface area contributed by atoms with Gasteiger partial charge in [0.05, 0.1) is 5.92 Å². The molecule has 2 atom stereocenters. The van der Waals surface area contributed by atoms with Gasteiger partial charge in [-0.2, -0.15) is 0 Å². The fourth-order valence-corrected chi connectivity index (χ4v) is 2.99. The summed E-state index contributed by atoms with van der Waals surface area (Å²) in [5.74, 6) is 0.219. The highest BCUT2D eigenvalue weighted by atomic mass is 16.2. The molecule has 2 rings (SSSR count). The third kappa shape index (κ3) is 5.28. The first-order chi connectivity index (χ1) is 11.9. The minimum Gasteiger partial charge on any atom is -0.353 e. The van der Waals surface area contributed by atoms with Crippen molar-refractivity contribution in [2.45, 2.75) is 46.1 Å². The maximum absolute atomic E-state index is 12.6. The van der Waals surface area contributed by atoms with Crippen molar-refractivity contribution in [1.82, 2.24) is 5.32 Å². The highest BCUT2D eigenvalue weighted by Crippen LogP contribution is 2.19. The predicted molar refractivity (Wildman–Crippen MR) is 102 cm³/mol. The van der Waals surface area contributed by atoms with E-state index in [0.717, 1.165) is 12.0 Å². The molecule has 2 unspecified atom stereocenters. The Morgan fingerprint density at radius 3 is 2.16 bits per heavy atom. The Hall–Kier alpha value is -2.42. The second-order valence-electron chi connectivity index (χ2n) is 7.08. The van der Waals surface area contributed by atoms with E-state index in [1.807, 2.05) is 50.2 Å². The lowest BCUT2D eigenvalue weighted by Gasteiger charge is -2.19. The molecule has 0 saturated heterocycles. The van der Waals surface area contributed by atoms with Crippen LogP contribution in [-0.4, -0.2) is 17.7 Å². The summed E-state index contributed by atoms with van der Waals surface area (Å²) in [6.07, 6.45) is 0.949. The molecule has 0 aliphatic heterocycles. The Bertz CT molecular complexity index is 722. The molecule has 0 bridgehead atoms. The molecule has 25 heavy (non-hydrogen) atoms. The molecule has 0 aliphatic carbocycles. The van der Waals surface area contributed by atoms with E-state index >= 15 is 0 Å². The minimum absolute atomic E-state index is 0.00235. The van der Waals surface area contributed by atoms with Crippen LogP contribution >= 0.6 is 0 Å². The lowest BCUT2D eigenvalue weighted by atomic mass is 9.94. The van der Waals surface area contributed by atoms with Crippen molar-refractivity contribution in [1.29, 1.82) is 0 Å². The largest absolute Gasteiger partial charge is 0.353 e. The Morgan fingerprint density at radius 1 is 0.880 bits per heavy atom. The van der Waals surface area contributed by atoms with Crippen LogP contribution in [0.5, 0.6) is 0 Å². The molecule has 0 heterocycles. The number of hydrogen-bond donors (Lipinski definition) is 1. The van der Waals surface area contributed by atoms with Crippen LogP contribution in [0.3, 0.4) is 0 Å². The normalized spacial score (nSPS) is 13.3. The summed E-state index contributed by atoms with van der Waals surface area (Å²) < 4.78 is 0. The van der Waals surface area contributed by atoms with E-state index in [1.165, 1.54) is 0 Å². The fourth-order valence-electron chi connectivity index (χ4n) is 2.99. The first-order valence-electron chi connectivity index (χ1n) is 8.88. The molecule has 3 heteroatoms. The lowest BCUT2D eigenvalue weighted by molar-refractivity contribution is -0.122. The molecule has 0 spiro atoms. The summed E-state index contributed by atoms with van der Waals surface area (Å²) in [6.45, 7) is 8.19. The summed E-state index contributed by atoms with van der Waals surface area (Å²) >= 11 is 0. The molecule has 0 aromatic heterocycles. The first-order valence-corrected chi connectivity index (χ1v) is 8.88. The molecular formula is C22H27NO2. The van der Waals surface area contributed by atoms with Crippen LogP contribution in [0.25, 0.3) is 0 Å². The summed E-state index contributed by atoms with van der Waals surface area (Å²) in [4.78, 5) is 25.1. The van der Waals surface area contributed by atoms with Gasteiger partial charge in [-0.15, -0.1) is 0 Å². The van der Waals surface area contributed by atoms with Crippen molar-refractivity contribution in [2.24, 2.45) is 5.92 Å². The monoisotopic (exact) mass is 337 g/mol. The van der Waals surface area contributed by atoms with E-state index in [0.29, 0.717) is 17.0 Å². The molecule has 1 N–H and O–H groups in total. The maximum atomic E-state index is 12.6. The Balaban J connectivity index is 2.12. The van der Waals surface area contributed by atoms with Gasteiger partial charge in [-0.1, -0.05) is 62.4 Å². The Kier molecular flexibility index (Phi) is 6.51. The van der Waals surface area contributed by atoms with E-state index in [-0.39, 0.29) is 23.7 Å². The number of rotatable bonds is 7. The molecule has 0 fully saturated rings. The SMILES string of the molecule is CC(C)CC(C)NC(=O)C(C)c1cccc(C(=O)c2ccccc2)c1. The van der Waals surface area contributed by atoms with Gasteiger partial charge in [0.15, 0.2) is 5.78 Å². The van der Waals surface area contributed by atoms with E-state index in [1.54, 1.807) is 18.2 Å². The zero-order valence-corrected chi connectivity index (χ0v) is 15.5. The van der Waals surface area contributed by atoms with Gasteiger partial charge in [-0.05, 0) is 37.8 Å². The summed E-state index contributed by atoms with van der Waals surface area (Å²) in [6, 6.07) is 16.7. The number of hydrogen-bond acceptors (Lipinski definition) is 2. The van der Waals surface area contributed by atoms with Crippen LogP contribution in [0, 0.1) is 5.92 Å². The van der Waals surface area contributed by atoms with Gasteiger partial charge in [0.2, 0.25) is 5.91 Å². The number of benzene rings is 2. The zero-order valence-electron chi connectivity index (χ0n) is 15.5. The zero-order chi connectivity index (χ0) is 18.4. The van der Waals surface area contributed by atoms with Crippen LogP contribution in [0.1, 0.15) is 61.5 Å². The summed E-state index contributed by atoms with van der Waals surface area (Å²) in [5, 5.41) is 3.07. The van der Waals surface area contributed by atoms with E-state index < -0.39 is 0 Å². The third-order valence-electron chi connectivity index (χ3n) is 4.29. The molecule has 0 saturated carbocycles. The lowest BCUT2D eigenvalue weighted by Crippen LogP contribution is -2.36. The number of ketones is 1. The van der Waals surface area contributed by atoms with Crippen LogP contribution in [0.4, 0.5) is 0 Å². The summed E-state index contributed by atoms with van der Waals surface area (Å²) in [5.41, 5.74) is 2.12. The topological polar surface area (TPSA) is 46.2 Å². The van der Waals surface area contributed by atoms with Crippen LogP contribution in [-0.2, 0) is 4.79 Å². The van der Waals surface area contributed by atoms with E-state index in [4.69, 9.17) is 0 Å². The summed E-state index contributed by atoms with van der Waals surface area (Å²) in [7, 11) is 0. The van der Waals surface area contributed by atoms with Crippen molar-refractivity contribution in [3.63, 3.8) is 0 Å². The highest BCUT2D eigenvalue weighted by Gasteiger charge is 2.19. The predicted octanol–water partition coefficient (Wildman–Crippen LogP) is 4.57. The highest BCUT2D eigenvalue weighted by molar-refractivity contribution is 6.09. The maximum Gasteiger partial charge on any atom is 0.227 e. The molecule has 1 amide bonds. The van der Waals surface area contributed by atoms with Crippen molar-refractivity contribution in [2.75, 3.05) is 0 Å². The van der Waals surface area contributed by atoms with Gasteiger partial charge in [0.25, 0.3) is 0 Å². The van der Waals surface area contributed by atoms with Gasteiger partial charge in [0, 0.05) is 17.2 Å². The van der Waals surface area contributed by atoms with E-state index in [9.17, 15) is 9.59 Å². The molecule has 0 aliphatic rings. The molecule has 132 valence electrons. The third-order valence-corrected chi connectivity index (χ3v) is 4.29. The van der Waals surface area contributed by atoms with Crippen LogP contribution in [0.15, 0.2) is 54.6 Å². The molecule has 3 nitrogen and oxygen atoms in total. The smallest absolute Gasteiger partial charge is 0.227 e. The molecule has 2 aromatic carbocycles. The molecule has 2 aromatic rings. The Morgan fingerprint density at radius 2 is 1.52 bits per heavy atom. The standard InChI is InChI=1S/C22H27NO2/c1-15(2)13-16(3)23-22(25)17(4)19-11-8-12-20(14-19)21(24)18-9-6-5-7-10-18/h5-12,14-17H,13H2,1-4H3,(H,23,25). The second-order valence-corrected chi connectivity index (χ2v) is 7.08. The average molecular weight is 337 g/mol. The average Bonchev–Trinajstić information content (AvgIpc) is 2.60. The molecular weight excluding hydrogens is 310 g/mol. The number of amides is 1. The van der Waals surface area contributed by atoms with Gasteiger partial charge in [0.1, 0.15) is 0 Å². The van der Waals surface area contributed by atoms with E-state index in [2.05, 4.69) is 19.2 Å². The number of nitrogens with one attached hydrogen (secondary N) is 1.